The van der Waals surface area contributed by atoms with E-state index in [2.05, 4.69) is 23.1 Å². The van der Waals surface area contributed by atoms with E-state index < -0.39 is 0 Å². The highest BCUT2D eigenvalue weighted by molar-refractivity contribution is 5.77. The quantitative estimate of drug-likeness (QED) is 0.916. The summed E-state index contributed by atoms with van der Waals surface area (Å²) in [5.74, 6) is 0.990. The molecule has 0 fully saturated rings. The van der Waals surface area contributed by atoms with Gasteiger partial charge in [-0.25, -0.2) is 4.98 Å². The Morgan fingerprint density at radius 2 is 2.33 bits per heavy atom. The summed E-state index contributed by atoms with van der Waals surface area (Å²) in [6, 6.07) is 4.17. The SMILES string of the molecule is CCC1CCc2nc(N)c(C#N)c(-c3ccnn3C)c2C1. The largest absolute Gasteiger partial charge is 0.383 e. The molecule has 0 aromatic carbocycles. The highest BCUT2D eigenvalue weighted by Gasteiger charge is 2.26. The van der Waals surface area contributed by atoms with Gasteiger partial charge in [-0.1, -0.05) is 13.3 Å². The molecule has 3 rings (SSSR count). The zero-order valence-electron chi connectivity index (χ0n) is 12.4. The van der Waals surface area contributed by atoms with Gasteiger partial charge in [0, 0.05) is 24.5 Å². The molecule has 5 heteroatoms. The Balaban J connectivity index is 2.28. The Kier molecular flexibility index (Phi) is 3.38. The van der Waals surface area contributed by atoms with E-state index in [-0.39, 0.29) is 0 Å². The first-order valence-electron chi connectivity index (χ1n) is 7.35. The van der Waals surface area contributed by atoms with Gasteiger partial charge in [-0.15, -0.1) is 0 Å². The third-order valence-corrected chi connectivity index (χ3v) is 4.46. The number of hydrogen-bond donors (Lipinski definition) is 1. The Morgan fingerprint density at radius 3 is 2.95 bits per heavy atom. The summed E-state index contributed by atoms with van der Waals surface area (Å²) in [7, 11) is 1.89. The first-order chi connectivity index (χ1) is 10.2. The number of fused-ring (bicyclic) bond motifs is 1. The maximum Gasteiger partial charge on any atom is 0.142 e. The van der Waals surface area contributed by atoms with Gasteiger partial charge < -0.3 is 5.73 Å². The molecule has 108 valence electrons. The van der Waals surface area contributed by atoms with Crippen molar-refractivity contribution in [2.24, 2.45) is 13.0 Å². The minimum atomic E-state index is 0.336. The zero-order valence-corrected chi connectivity index (χ0v) is 12.4. The van der Waals surface area contributed by atoms with Crippen LogP contribution in [0.1, 0.15) is 36.6 Å². The number of anilines is 1. The third kappa shape index (κ3) is 2.17. The van der Waals surface area contributed by atoms with Gasteiger partial charge >= 0.3 is 0 Å². The lowest BCUT2D eigenvalue weighted by molar-refractivity contribution is 0.440. The van der Waals surface area contributed by atoms with Crippen LogP contribution >= 0.6 is 0 Å². The van der Waals surface area contributed by atoms with Crippen LogP contribution in [-0.2, 0) is 19.9 Å². The van der Waals surface area contributed by atoms with Crippen LogP contribution in [0.3, 0.4) is 0 Å². The number of hydrogen-bond acceptors (Lipinski definition) is 4. The summed E-state index contributed by atoms with van der Waals surface area (Å²) in [4.78, 5) is 4.48. The van der Waals surface area contributed by atoms with Gasteiger partial charge in [0.15, 0.2) is 0 Å². The third-order valence-electron chi connectivity index (χ3n) is 4.46. The van der Waals surface area contributed by atoms with E-state index in [9.17, 15) is 5.26 Å². The topological polar surface area (TPSA) is 80.5 Å². The molecule has 2 heterocycles. The van der Waals surface area contributed by atoms with Gasteiger partial charge in [0.25, 0.3) is 0 Å². The van der Waals surface area contributed by atoms with Gasteiger partial charge in [-0.05, 0) is 36.8 Å². The number of nitrogen functional groups attached to an aromatic ring is 1. The molecule has 0 aliphatic heterocycles. The van der Waals surface area contributed by atoms with Crippen molar-refractivity contribution in [3.63, 3.8) is 0 Å². The van der Waals surface area contributed by atoms with Crippen molar-refractivity contribution in [2.75, 3.05) is 5.73 Å². The van der Waals surface area contributed by atoms with Gasteiger partial charge in [-0.3, -0.25) is 4.68 Å². The van der Waals surface area contributed by atoms with Crippen LogP contribution in [0.25, 0.3) is 11.3 Å². The molecule has 0 spiro atoms. The standard InChI is InChI=1S/C16H19N5/c1-3-10-4-5-13-11(8-10)15(12(9-17)16(18)20-13)14-6-7-19-21(14)2/h6-7,10H,3-5,8H2,1-2H3,(H2,18,20). The molecular formula is C16H19N5. The number of nitriles is 1. The first kappa shape index (κ1) is 13.6. The lowest BCUT2D eigenvalue weighted by atomic mass is 9.81. The van der Waals surface area contributed by atoms with Crippen molar-refractivity contribution in [1.29, 1.82) is 5.26 Å². The summed E-state index contributed by atoms with van der Waals surface area (Å²) in [5, 5.41) is 13.7. The average Bonchev–Trinajstić information content (AvgIpc) is 2.91. The van der Waals surface area contributed by atoms with E-state index >= 15 is 0 Å². The van der Waals surface area contributed by atoms with Crippen LogP contribution in [0, 0.1) is 17.2 Å². The van der Waals surface area contributed by atoms with Crippen LogP contribution in [0.2, 0.25) is 0 Å². The molecule has 2 aromatic rings. The molecule has 2 aromatic heterocycles. The van der Waals surface area contributed by atoms with Crippen LogP contribution in [-0.4, -0.2) is 14.8 Å². The molecule has 0 saturated heterocycles. The van der Waals surface area contributed by atoms with E-state index in [0.717, 1.165) is 42.6 Å². The van der Waals surface area contributed by atoms with E-state index in [1.54, 1.807) is 10.9 Å². The predicted octanol–water partition coefficient (Wildman–Crippen LogP) is 2.45. The Bertz CT molecular complexity index is 723. The fourth-order valence-corrected chi connectivity index (χ4v) is 3.21. The zero-order chi connectivity index (χ0) is 15.0. The molecule has 2 N–H and O–H groups in total. The van der Waals surface area contributed by atoms with Gasteiger partial charge in [-0.2, -0.15) is 10.4 Å². The van der Waals surface area contributed by atoms with Crippen LogP contribution < -0.4 is 5.73 Å². The average molecular weight is 281 g/mol. The number of rotatable bonds is 2. The Labute approximate surface area is 124 Å². The molecular weight excluding hydrogens is 262 g/mol. The summed E-state index contributed by atoms with van der Waals surface area (Å²) < 4.78 is 1.80. The second-order valence-electron chi connectivity index (χ2n) is 5.64. The summed E-state index contributed by atoms with van der Waals surface area (Å²) in [6.07, 6.45) is 5.95. The van der Waals surface area contributed by atoms with Crippen LogP contribution in [0.5, 0.6) is 0 Å². The van der Waals surface area contributed by atoms with Crippen molar-refractivity contribution >= 4 is 5.82 Å². The molecule has 0 bridgehead atoms. The molecule has 0 amide bonds. The first-order valence-corrected chi connectivity index (χ1v) is 7.35. The molecule has 5 nitrogen and oxygen atoms in total. The lowest BCUT2D eigenvalue weighted by Gasteiger charge is -2.26. The number of nitrogens with zero attached hydrogens (tertiary/aromatic N) is 4. The fourth-order valence-electron chi connectivity index (χ4n) is 3.21. The second-order valence-corrected chi connectivity index (χ2v) is 5.64. The van der Waals surface area contributed by atoms with Crippen molar-refractivity contribution < 1.29 is 0 Å². The maximum atomic E-state index is 9.51. The van der Waals surface area contributed by atoms with Crippen molar-refractivity contribution in [3.8, 4) is 17.3 Å². The molecule has 1 unspecified atom stereocenters. The van der Waals surface area contributed by atoms with E-state index in [0.29, 0.717) is 17.3 Å². The van der Waals surface area contributed by atoms with E-state index in [1.165, 1.54) is 5.56 Å². The summed E-state index contributed by atoms with van der Waals surface area (Å²) in [5.41, 5.74) is 10.6. The predicted molar refractivity (Wildman–Crippen MR) is 81.4 cm³/mol. The molecule has 0 saturated carbocycles. The minimum absolute atomic E-state index is 0.336. The minimum Gasteiger partial charge on any atom is -0.383 e. The van der Waals surface area contributed by atoms with Crippen LogP contribution in [0.4, 0.5) is 5.82 Å². The van der Waals surface area contributed by atoms with E-state index in [4.69, 9.17) is 5.73 Å². The maximum absolute atomic E-state index is 9.51. The fraction of sp³-hybridized carbons (Fsp3) is 0.438. The van der Waals surface area contributed by atoms with E-state index in [1.807, 2.05) is 13.1 Å². The van der Waals surface area contributed by atoms with Crippen LogP contribution in [0.15, 0.2) is 12.3 Å². The smallest absolute Gasteiger partial charge is 0.142 e. The number of aryl methyl sites for hydroxylation is 2. The summed E-state index contributed by atoms with van der Waals surface area (Å²) in [6.45, 7) is 2.22. The highest BCUT2D eigenvalue weighted by atomic mass is 15.3. The monoisotopic (exact) mass is 281 g/mol. The lowest BCUT2D eigenvalue weighted by Crippen LogP contribution is -2.18. The van der Waals surface area contributed by atoms with Gasteiger partial charge in [0.05, 0.1) is 5.69 Å². The van der Waals surface area contributed by atoms with Crippen molar-refractivity contribution in [2.45, 2.75) is 32.6 Å². The molecule has 21 heavy (non-hydrogen) atoms. The summed E-state index contributed by atoms with van der Waals surface area (Å²) >= 11 is 0. The molecule has 1 aliphatic carbocycles. The van der Waals surface area contributed by atoms with Crippen molar-refractivity contribution in [3.05, 3.63) is 29.1 Å². The van der Waals surface area contributed by atoms with Gasteiger partial charge in [0.2, 0.25) is 0 Å². The van der Waals surface area contributed by atoms with Crippen molar-refractivity contribution in [1.82, 2.24) is 14.8 Å². The van der Waals surface area contributed by atoms with Gasteiger partial charge in [0.1, 0.15) is 17.5 Å². The highest BCUT2D eigenvalue weighted by Crippen LogP contribution is 2.37. The molecule has 0 radical (unpaired) electrons. The Hall–Kier alpha value is -2.35. The molecule has 1 aliphatic rings. The normalized spacial score (nSPS) is 17.3. The molecule has 1 atom stereocenters. The number of nitrogens with two attached hydrogens (primary N) is 1. The second kappa shape index (κ2) is 5.21. The Morgan fingerprint density at radius 1 is 1.52 bits per heavy atom. The number of aromatic nitrogens is 3. The number of pyridine rings is 1.